The molecule has 1 rings (SSSR count). The number of hydrogen-bond acceptors (Lipinski definition) is 5. The molecule has 1 aromatic rings. The highest BCUT2D eigenvalue weighted by atomic mass is 32.1. The van der Waals surface area contributed by atoms with Crippen molar-refractivity contribution in [2.75, 3.05) is 20.8 Å². The van der Waals surface area contributed by atoms with Gasteiger partial charge in [0.2, 0.25) is 0 Å². The van der Waals surface area contributed by atoms with E-state index < -0.39 is 0 Å². The molecule has 0 saturated heterocycles. The second kappa shape index (κ2) is 8.58. The Morgan fingerprint density at radius 1 is 1.33 bits per heavy atom. The van der Waals surface area contributed by atoms with Crippen molar-refractivity contribution in [1.82, 2.24) is 10.3 Å². The Labute approximate surface area is 114 Å². The van der Waals surface area contributed by atoms with Crippen LogP contribution in [0.2, 0.25) is 0 Å². The molecule has 1 aromatic heterocycles. The maximum Gasteiger partial charge on any atom is 0.0955 e. The number of rotatable bonds is 9. The molecule has 5 heteroatoms. The Morgan fingerprint density at radius 3 is 2.72 bits per heavy atom. The van der Waals surface area contributed by atoms with Crippen LogP contribution in [-0.2, 0) is 29.0 Å². The number of nitrogens with one attached hydrogen (secondary N) is 1. The minimum atomic E-state index is 0.532. The fourth-order valence-corrected chi connectivity index (χ4v) is 2.54. The predicted octanol–water partition coefficient (Wildman–Crippen LogP) is 2.37. The molecule has 0 spiro atoms. The van der Waals surface area contributed by atoms with E-state index in [4.69, 9.17) is 9.47 Å². The first-order valence-corrected chi connectivity index (χ1v) is 7.21. The molecule has 1 heterocycles. The molecule has 104 valence electrons. The average molecular weight is 272 g/mol. The average Bonchev–Trinajstić information content (AvgIpc) is 2.76. The molecule has 0 fully saturated rings. The standard InChI is InChI=1S/C13H24N2O2S/c1-5-10(2)14-8-12-11(9-17-4)15-13(18-12)6-7-16-3/h10,14H,5-9H2,1-4H3. The van der Waals surface area contributed by atoms with Crippen molar-refractivity contribution in [2.45, 2.75) is 45.9 Å². The maximum atomic E-state index is 5.20. The van der Waals surface area contributed by atoms with Crippen LogP contribution in [0.4, 0.5) is 0 Å². The van der Waals surface area contributed by atoms with Gasteiger partial charge in [0.15, 0.2) is 0 Å². The van der Waals surface area contributed by atoms with Crippen LogP contribution < -0.4 is 5.32 Å². The minimum Gasteiger partial charge on any atom is -0.384 e. The van der Waals surface area contributed by atoms with Crippen LogP contribution in [0.5, 0.6) is 0 Å². The highest BCUT2D eigenvalue weighted by Gasteiger charge is 2.11. The van der Waals surface area contributed by atoms with Crippen LogP contribution in [0.25, 0.3) is 0 Å². The summed E-state index contributed by atoms with van der Waals surface area (Å²) in [6, 6.07) is 0.532. The van der Waals surface area contributed by atoms with Gasteiger partial charge in [-0.25, -0.2) is 4.98 Å². The lowest BCUT2D eigenvalue weighted by Crippen LogP contribution is -2.24. The zero-order valence-corrected chi connectivity index (χ0v) is 12.6. The third kappa shape index (κ3) is 5.02. The SMILES string of the molecule is CCC(C)NCc1sc(CCOC)nc1COC. The highest BCUT2D eigenvalue weighted by molar-refractivity contribution is 7.11. The van der Waals surface area contributed by atoms with Gasteiger partial charge in [-0.05, 0) is 13.3 Å². The normalized spacial score (nSPS) is 12.9. The van der Waals surface area contributed by atoms with Gasteiger partial charge in [-0.3, -0.25) is 0 Å². The smallest absolute Gasteiger partial charge is 0.0955 e. The summed E-state index contributed by atoms with van der Waals surface area (Å²) in [7, 11) is 3.43. The third-order valence-electron chi connectivity index (χ3n) is 2.85. The number of aromatic nitrogens is 1. The lowest BCUT2D eigenvalue weighted by atomic mass is 10.2. The van der Waals surface area contributed by atoms with Gasteiger partial charge in [0, 0.05) is 38.1 Å². The van der Waals surface area contributed by atoms with E-state index >= 15 is 0 Å². The van der Waals surface area contributed by atoms with Crippen molar-refractivity contribution >= 4 is 11.3 Å². The predicted molar refractivity (Wildman–Crippen MR) is 75.0 cm³/mol. The van der Waals surface area contributed by atoms with Crippen molar-refractivity contribution in [3.05, 3.63) is 15.6 Å². The van der Waals surface area contributed by atoms with E-state index in [1.807, 2.05) is 0 Å². The molecule has 4 nitrogen and oxygen atoms in total. The fraction of sp³-hybridized carbons (Fsp3) is 0.769. The highest BCUT2D eigenvalue weighted by Crippen LogP contribution is 2.20. The lowest BCUT2D eigenvalue weighted by Gasteiger charge is -2.10. The molecular formula is C13H24N2O2S. The van der Waals surface area contributed by atoms with Crippen molar-refractivity contribution in [3.8, 4) is 0 Å². The van der Waals surface area contributed by atoms with Gasteiger partial charge >= 0.3 is 0 Å². The van der Waals surface area contributed by atoms with E-state index in [0.717, 1.165) is 36.7 Å². The van der Waals surface area contributed by atoms with Gasteiger partial charge in [0.1, 0.15) is 0 Å². The molecule has 0 aliphatic heterocycles. The number of thiazole rings is 1. The molecule has 0 amide bonds. The Hall–Kier alpha value is -0.490. The van der Waals surface area contributed by atoms with Gasteiger partial charge < -0.3 is 14.8 Å². The monoisotopic (exact) mass is 272 g/mol. The van der Waals surface area contributed by atoms with E-state index in [1.54, 1.807) is 25.6 Å². The van der Waals surface area contributed by atoms with Crippen molar-refractivity contribution in [3.63, 3.8) is 0 Å². The largest absolute Gasteiger partial charge is 0.384 e. The number of methoxy groups -OCH3 is 2. The summed E-state index contributed by atoms with van der Waals surface area (Å²) in [4.78, 5) is 5.90. The van der Waals surface area contributed by atoms with Crippen LogP contribution in [0, 0.1) is 0 Å². The molecule has 0 radical (unpaired) electrons. The van der Waals surface area contributed by atoms with Crippen LogP contribution in [-0.4, -0.2) is 31.9 Å². The first-order chi connectivity index (χ1) is 8.71. The summed E-state index contributed by atoms with van der Waals surface area (Å²) in [6.45, 7) is 6.56. The second-order valence-electron chi connectivity index (χ2n) is 4.34. The van der Waals surface area contributed by atoms with Gasteiger partial charge in [0.25, 0.3) is 0 Å². The van der Waals surface area contributed by atoms with Crippen LogP contribution in [0.3, 0.4) is 0 Å². The Morgan fingerprint density at radius 2 is 2.11 bits per heavy atom. The van der Waals surface area contributed by atoms with E-state index in [2.05, 4.69) is 24.1 Å². The number of hydrogen-bond donors (Lipinski definition) is 1. The molecule has 1 atom stereocenters. The molecule has 1 unspecified atom stereocenters. The number of ether oxygens (including phenoxy) is 2. The maximum absolute atomic E-state index is 5.20. The minimum absolute atomic E-state index is 0.532. The van der Waals surface area contributed by atoms with E-state index in [9.17, 15) is 0 Å². The number of nitrogens with zero attached hydrogens (tertiary/aromatic N) is 1. The Balaban J connectivity index is 2.64. The summed E-state index contributed by atoms with van der Waals surface area (Å²) in [6.07, 6.45) is 2.01. The summed E-state index contributed by atoms with van der Waals surface area (Å²) in [5, 5.41) is 4.63. The van der Waals surface area contributed by atoms with Gasteiger partial charge in [-0.1, -0.05) is 6.92 Å². The van der Waals surface area contributed by atoms with E-state index in [-0.39, 0.29) is 0 Å². The van der Waals surface area contributed by atoms with Crippen LogP contribution >= 0.6 is 11.3 Å². The van der Waals surface area contributed by atoms with Gasteiger partial charge in [-0.15, -0.1) is 11.3 Å². The molecule has 0 aliphatic rings. The zero-order valence-electron chi connectivity index (χ0n) is 11.8. The summed E-state index contributed by atoms with van der Waals surface area (Å²) in [5.41, 5.74) is 1.06. The van der Waals surface area contributed by atoms with Gasteiger partial charge in [-0.2, -0.15) is 0 Å². The first kappa shape index (κ1) is 15.6. The molecule has 0 saturated carbocycles. The molecule has 0 bridgehead atoms. The first-order valence-electron chi connectivity index (χ1n) is 6.39. The van der Waals surface area contributed by atoms with E-state index in [1.165, 1.54) is 4.88 Å². The molecule has 0 aliphatic carbocycles. The van der Waals surface area contributed by atoms with Crippen LogP contribution in [0.15, 0.2) is 0 Å². The quantitative estimate of drug-likeness (QED) is 0.749. The summed E-state index contributed by atoms with van der Waals surface area (Å²) in [5.74, 6) is 0. The Kier molecular flexibility index (Phi) is 7.42. The van der Waals surface area contributed by atoms with Gasteiger partial charge in [0.05, 0.1) is 23.9 Å². The van der Waals surface area contributed by atoms with Crippen LogP contribution in [0.1, 0.15) is 35.8 Å². The summed E-state index contributed by atoms with van der Waals surface area (Å²) >= 11 is 1.76. The molecule has 18 heavy (non-hydrogen) atoms. The summed E-state index contributed by atoms with van der Waals surface area (Å²) < 4.78 is 10.3. The molecule has 0 aromatic carbocycles. The topological polar surface area (TPSA) is 43.4 Å². The second-order valence-corrected chi connectivity index (χ2v) is 5.51. The molecule has 1 N–H and O–H groups in total. The Bertz CT molecular complexity index is 342. The fourth-order valence-electron chi connectivity index (χ4n) is 1.53. The van der Waals surface area contributed by atoms with E-state index in [0.29, 0.717) is 12.6 Å². The van der Waals surface area contributed by atoms with Crippen molar-refractivity contribution < 1.29 is 9.47 Å². The van der Waals surface area contributed by atoms with Crippen molar-refractivity contribution in [1.29, 1.82) is 0 Å². The van der Waals surface area contributed by atoms with Crippen molar-refractivity contribution in [2.24, 2.45) is 0 Å². The molecular weight excluding hydrogens is 248 g/mol. The lowest BCUT2D eigenvalue weighted by molar-refractivity contribution is 0.180. The third-order valence-corrected chi connectivity index (χ3v) is 4.00. The zero-order chi connectivity index (χ0) is 13.4.